The Kier molecular flexibility index (Phi) is 5.35. The largest absolute Gasteiger partial charge is 0.493 e. The summed E-state index contributed by atoms with van der Waals surface area (Å²) in [6.07, 6.45) is 0. The summed E-state index contributed by atoms with van der Waals surface area (Å²) in [6.45, 7) is 4.26. The number of anilines is 1. The SMILES string of the molecule is COc1ccc(C(=O)N2CCN(c3cc4cccc(C)c4[nH]c3=O)CC2)cc1OC. The summed E-state index contributed by atoms with van der Waals surface area (Å²) >= 11 is 0. The number of aromatic nitrogens is 1. The van der Waals surface area contributed by atoms with Crippen LogP contribution in [0.15, 0.2) is 47.3 Å². The highest BCUT2D eigenvalue weighted by molar-refractivity contribution is 5.95. The minimum atomic E-state index is -0.100. The van der Waals surface area contributed by atoms with Crippen molar-refractivity contribution in [1.29, 1.82) is 0 Å². The van der Waals surface area contributed by atoms with Crippen molar-refractivity contribution in [1.82, 2.24) is 9.88 Å². The number of ether oxygens (including phenoxy) is 2. The predicted molar refractivity (Wildman–Crippen MR) is 117 cm³/mol. The molecule has 156 valence electrons. The second-order valence-corrected chi connectivity index (χ2v) is 7.37. The highest BCUT2D eigenvalue weighted by Gasteiger charge is 2.24. The summed E-state index contributed by atoms with van der Waals surface area (Å²) in [5.41, 5.74) is 3.01. The monoisotopic (exact) mass is 407 g/mol. The van der Waals surface area contributed by atoms with Gasteiger partial charge in [0.2, 0.25) is 0 Å². The number of pyridine rings is 1. The molecule has 0 spiro atoms. The van der Waals surface area contributed by atoms with Gasteiger partial charge in [0.05, 0.1) is 19.7 Å². The number of amides is 1. The van der Waals surface area contributed by atoms with Crippen molar-refractivity contribution < 1.29 is 14.3 Å². The Hall–Kier alpha value is -3.48. The highest BCUT2D eigenvalue weighted by Crippen LogP contribution is 2.28. The van der Waals surface area contributed by atoms with Crippen LogP contribution in [0.4, 0.5) is 5.69 Å². The number of aromatic amines is 1. The van der Waals surface area contributed by atoms with Gasteiger partial charge in [0.1, 0.15) is 5.69 Å². The highest BCUT2D eigenvalue weighted by atomic mass is 16.5. The summed E-state index contributed by atoms with van der Waals surface area (Å²) in [7, 11) is 3.11. The molecule has 1 aliphatic rings. The average Bonchev–Trinajstić information content (AvgIpc) is 2.78. The molecule has 0 saturated carbocycles. The smallest absolute Gasteiger partial charge is 0.271 e. The first-order chi connectivity index (χ1) is 14.5. The fourth-order valence-corrected chi connectivity index (χ4v) is 3.91. The van der Waals surface area contributed by atoms with Gasteiger partial charge < -0.3 is 24.3 Å². The normalized spacial score (nSPS) is 14.1. The molecule has 0 atom stereocenters. The van der Waals surface area contributed by atoms with Crippen LogP contribution in [0.2, 0.25) is 0 Å². The van der Waals surface area contributed by atoms with Crippen LogP contribution in [0.1, 0.15) is 15.9 Å². The molecule has 1 fully saturated rings. The Morgan fingerprint density at radius 3 is 2.40 bits per heavy atom. The molecule has 7 nitrogen and oxygen atoms in total. The summed E-state index contributed by atoms with van der Waals surface area (Å²) < 4.78 is 10.5. The third-order valence-electron chi connectivity index (χ3n) is 5.61. The van der Waals surface area contributed by atoms with Gasteiger partial charge in [0.15, 0.2) is 11.5 Å². The molecule has 3 aromatic rings. The van der Waals surface area contributed by atoms with E-state index in [4.69, 9.17) is 9.47 Å². The zero-order valence-corrected chi connectivity index (χ0v) is 17.4. The maximum absolute atomic E-state index is 12.9. The van der Waals surface area contributed by atoms with Crippen LogP contribution in [0.25, 0.3) is 10.9 Å². The fourth-order valence-electron chi connectivity index (χ4n) is 3.91. The molecule has 4 rings (SSSR count). The van der Waals surface area contributed by atoms with Gasteiger partial charge in [-0.25, -0.2) is 0 Å². The number of aryl methyl sites for hydroxylation is 1. The van der Waals surface area contributed by atoms with Crippen LogP contribution in [0.3, 0.4) is 0 Å². The molecule has 1 amide bonds. The Labute approximate surface area is 174 Å². The molecule has 30 heavy (non-hydrogen) atoms. The number of hydrogen-bond acceptors (Lipinski definition) is 5. The summed E-state index contributed by atoms with van der Waals surface area (Å²) in [5, 5.41) is 1.01. The minimum absolute atomic E-state index is 0.0568. The molecule has 1 aromatic heterocycles. The Morgan fingerprint density at radius 1 is 0.967 bits per heavy atom. The van der Waals surface area contributed by atoms with Crippen molar-refractivity contribution in [3.63, 3.8) is 0 Å². The topological polar surface area (TPSA) is 74.9 Å². The number of methoxy groups -OCH3 is 2. The second-order valence-electron chi connectivity index (χ2n) is 7.37. The van der Waals surface area contributed by atoms with Crippen LogP contribution in [0.5, 0.6) is 11.5 Å². The Balaban J connectivity index is 1.50. The standard InChI is InChI=1S/C23H25N3O4/c1-15-5-4-6-16-13-18(22(27)24-21(15)16)25-9-11-26(12-10-25)23(28)17-7-8-19(29-2)20(14-17)30-3/h4-8,13-14H,9-12H2,1-3H3,(H,24,27). The van der Waals surface area contributed by atoms with E-state index >= 15 is 0 Å². The molecule has 1 aliphatic heterocycles. The van der Waals surface area contributed by atoms with Gasteiger partial charge >= 0.3 is 0 Å². The van der Waals surface area contributed by atoms with Crippen LogP contribution < -0.4 is 19.9 Å². The number of piperazine rings is 1. The first kappa shape index (κ1) is 19.8. The van der Waals surface area contributed by atoms with E-state index in [-0.39, 0.29) is 11.5 Å². The molecule has 0 unspecified atom stereocenters. The van der Waals surface area contributed by atoms with E-state index in [0.29, 0.717) is 48.9 Å². The van der Waals surface area contributed by atoms with Gasteiger partial charge in [-0.05, 0) is 36.8 Å². The van der Waals surface area contributed by atoms with E-state index in [2.05, 4.69) is 4.98 Å². The van der Waals surface area contributed by atoms with Crippen molar-refractivity contribution in [2.24, 2.45) is 0 Å². The minimum Gasteiger partial charge on any atom is -0.493 e. The van der Waals surface area contributed by atoms with Crippen molar-refractivity contribution in [3.05, 3.63) is 63.9 Å². The van der Waals surface area contributed by atoms with Crippen LogP contribution in [-0.2, 0) is 0 Å². The van der Waals surface area contributed by atoms with Gasteiger partial charge in [0.25, 0.3) is 11.5 Å². The second kappa shape index (κ2) is 8.10. The average molecular weight is 407 g/mol. The van der Waals surface area contributed by atoms with E-state index in [1.54, 1.807) is 37.3 Å². The van der Waals surface area contributed by atoms with Crippen molar-refractivity contribution in [2.45, 2.75) is 6.92 Å². The molecule has 0 bridgehead atoms. The Bertz CT molecular complexity index is 1150. The number of carbonyl (C=O) groups is 1. The molecule has 0 aliphatic carbocycles. The van der Waals surface area contributed by atoms with Crippen molar-refractivity contribution in [3.8, 4) is 11.5 Å². The zero-order chi connectivity index (χ0) is 21.3. The molecule has 2 aromatic carbocycles. The van der Waals surface area contributed by atoms with Gasteiger partial charge in [-0.1, -0.05) is 18.2 Å². The van der Waals surface area contributed by atoms with Gasteiger partial charge in [-0.2, -0.15) is 0 Å². The lowest BCUT2D eigenvalue weighted by molar-refractivity contribution is 0.0746. The fraction of sp³-hybridized carbons (Fsp3) is 0.304. The van der Waals surface area contributed by atoms with Crippen LogP contribution in [0, 0.1) is 6.92 Å². The number of carbonyl (C=O) groups excluding carboxylic acids is 1. The molecular formula is C23H25N3O4. The number of H-pyrrole nitrogens is 1. The number of nitrogens with one attached hydrogen (secondary N) is 1. The van der Waals surface area contributed by atoms with E-state index in [9.17, 15) is 9.59 Å². The first-order valence-electron chi connectivity index (χ1n) is 9.90. The number of para-hydroxylation sites is 1. The lowest BCUT2D eigenvalue weighted by Gasteiger charge is -2.35. The zero-order valence-electron chi connectivity index (χ0n) is 17.4. The van der Waals surface area contributed by atoms with Gasteiger partial charge in [0, 0.05) is 37.1 Å². The summed E-state index contributed by atoms with van der Waals surface area (Å²) in [5.74, 6) is 1.06. The lowest BCUT2D eigenvalue weighted by Crippen LogP contribution is -2.50. The van der Waals surface area contributed by atoms with Gasteiger partial charge in [-0.15, -0.1) is 0 Å². The van der Waals surface area contributed by atoms with E-state index in [0.717, 1.165) is 16.5 Å². The molecule has 1 saturated heterocycles. The van der Waals surface area contributed by atoms with Crippen LogP contribution >= 0.6 is 0 Å². The maximum atomic E-state index is 12.9. The summed E-state index contributed by atoms with van der Waals surface area (Å²) in [6, 6.07) is 13.1. The number of nitrogens with zero attached hydrogens (tertiary/aromatic N) is 2. The van der Waals surface area contributed by atoms with E-state index in [1.165, 1.54) is 0 Å². The van der Waals surface area contributed by atoms with Crippen molar-refractivity contribution in [2.75, 3.05) is 45.3 Å². The summed E-state index contributed by atoms with van der Waals surface area (Å²) in [4.78, 5) is 32.4. The molecule has 2 heterocycles. The lowest BCUT2D eigenvalue weighted by atomic mass is 10.1. The number of fused-ring (bicyclic) bond motifs is 1. The van der Waals surface area contributed by atoms with Crippen LogP contribution in [-0.4, -0.2) is 56.2 Å². The van der Waals surface area contributed by atoms with E-state index < -0.39 is 0 Å². The van der Waals surface area contributed by atoms with Gasteiger partial charge in [-0.3, -0.25) is 9.59 Å². The van der Waals surface area contributed by atoms with E-state index in [1.807, 2.05) is 36.1 Å². The molecule has 7 heteroatoms. The maximum Gasteiger partial charge on any atom is 0.271 e. The first-order valence-corrected chi connectivity index (χ1v) is 9.90. The molecule has 0 radical (unpaired) electrons. The third kappa shape index (κ3) is 3.58. The third-order valence-corrected chi connectivity index (χ3v) is 5.61. The molecule has 1 N–H and O–H groups in total. The quantitative estimate of drug-likeness (QED) is 0.720. The Morgan fingerprint density at radius 2 is 1.70 bits per heavy atom. The number of hydrogen-bond donors (Lipinski definition) is 1. The van der Waals surface area contributed by atoms with Crippen molar-refractivity contribution >= 4 is 22.5 Å². The molecular weight excluding hydrogens is 382 g/mol. The number of rotatable bonds is 4. The number of benzene rings is 2. The predicted octanol–water partition coefficient (Wildman–Crippen LogP) is 2.82.